The minimum atomic E-state index is 0.817. The van der Waals surface area contributed by atoms with Gasteiger partial charge in [-0.2, -0.15) is 0 Å². The third-order valence-corrected chi connectivity index (χ3v) is 5.36. The summed E-state index contributed by atoms with van der Waals surface area (Å²) >= 11 is 0. The molecule has 1 aliphatic rings. The van der Waals surface area contributed by atoms with Crippen molar-refractivity contribution in [1.29, 1.82) is 0 Å². The van der Waals surface area contributed by atoms with Crippen molar-refractivity contribution in [1.82, 2.24) is 4.75 Å². The van der Waals surface area contributed by atoms with Crippen molar-refractivity contribution in [2.75, 3.05) is 0 Å². The van der Waals surface area contributed by atoms with Crippen molar-refractivity contribution in [3.05, 3.63) is 11.0 Å². The summed E-state index contributed by atoms with van der Waals surface area (Å²) in [4.78, 5) is 0. The van der Waals surface area contributed by atoms with Crippen molar-refractivity contribution in [2.45, 2.75) is 44.9 Å². The van der Waals surface area contributed by atoms with Crippen molar-refractivity contribution in [3.8, 4) is 0 Å². The summed E-state index contributed by atoms with van der Waals surface area (Å²) in [6.45, 7) is 2.26. The normalized spacial score (nSPS) is 21.1. The second-order valence-electron chi connectivity index (χ2n) is 3.63. The second-order valence-corrected chi connectivity index (χ2v) is 6.22. The Hall–Kier alpha value is 0.140. The molecule has 1 aromatic rings. The van der Waals surface area contributed by atoms with Crippen LogP contribution in [0.2, 0.25) is 0 Å². The van der Waals surface area contributed by atoms with Crippen LogP contribution in [0.5, 0.6) is 0 Å². The van der Waals surface area contributed by atoms with Crippen LogP contribution in [0.15, 0.2) is 0 Å². The highest BCUT2D eigenvalue weighted by Gasteiger charge is 2.18. The summed E-state index contributed by atoms with van der Waals surface area (Å²) in [6, 6.07) is 0. The maximum absolute atomic E-state index is 4.64. The van der Waals surface area contributed by atoms with Gasteiger partial charge in [0, 0.05) is 11.2 Å². The highest BCUT2D eigenvalue weighted by atomic mass is 31.8. The number of aryl methyl sites for hydroxylation is 1. The first-order valence-corrected chi connectivity index (χ1v) is 7.43. The van der Waals surface area contributed by atoms with E-state index in [-0.39, 0.29) is 0 Å². The van der Waals surface area contributed by atoms with E-state index in [1.54, 1.807) is 5.30 Å². The Bertz CT molecular complexity index is 251. The number of hydrogen-bond acceptors (Lipinski definition) is 1. The van der Waals surface area contributed by atoms with E-state index < -0.39 is 0 Å². The van der Waals surface area contributed by atoms with Crippen LogP contribution >= 0.6 is 15.9 Å². The Morgan fingerprint density at radius 1 is 1.33 bits per heavy atom. The zero-order valence-corrected chi connectivity index (χ0v) is 9.40. The molecule has 66 valence electrons. The van der Waals surface area contributed by atoms with E-state index in [2.05, 4.69) is 11.7 Å². The SMILES string of the molecule is Cc1p[pH]nc1C1CCCCC1. The summed E-state index contributed by atoms with van der Waals surface area (Å²) in [5.41, 5.74) is 1.48. The topological polar surface area (TPSA) is 12.9 Å². The molecule has 1 saturated carbocycles. The molecular weight excluding hydrogens is 184 g/mol. The minimum absolute atomic E-state index is 0.817. The van der Waals surface area contributed by atoms with E-state index in [1.807, 2.05) is 0 Å². The monoisotopic (exact) mass is 199 g/mol. The van der Waals surface area contributed by atoms with Gasteiger partial charge >= 0.3 is 0 Å². The molecule has 1 aliphatic carbocycles. The van der Waals surface area contributed by atoms with Gasteiger partial charge in [-0.1, -0.05) is 19.3 Å². The van der Waals surface area contributed by atoms with E-state index in [4.69, 9.17) is 0 Å². The van der Waals surface area contributed by atoms with Gasteiger partial charge in [0.25, 0.3) is 0 Å². The van der Waals surface area contributed by atoms with E-state index >= 15 is 0 Å². The number of nitrogens with zero attached hydrogens (tertiary/aromatic N) is 1. The van der Waals surface area contributed by atoms with Crippen LogP contribution in [0.4, 0.5) is 0 Å². The first-order chi connectivity index (χ1) is 5.88. The number of aromatic nitrogens is 1. The largest absolute Gasteiger partial charge is 0.240 e. The number of rotatable bonds is 1. The first kappa shape index (κ1) is 8.73. The lowest BCUT2D eigenvalue weighted by Crippen LogP contribution is -2.05. The molecule has 12 heavy (non-hydrogen) atoms. The molecule has 0 radical (unpaired) electrons. The molecule has 1 nitrogen and oxygen atoms in total. The molecule has 2 rings (SSSR count). The second kappa shape index (κ2) is 3.90. The fourth-order valence-electron chi connectivity index (χ4n) is 2.05. The van der Waals surface area contributed by atoms with Gasteiger partial charge in [-0.25, -0.2) is 4.75 Å². The van der Waals surface area contributed by atoms with Crippen LogP contribution in [0.25, 0.3) is 0 Å². The molecule has 0 bridgehead atoms. The summed E-state index contributed by atoms with van der Waals surface area (Å²) in [7, 11) is 2.30. The van der Waals surface area contributed by atoms with Crippen LogP contribution in [0.1, 0.15) is 49.0 Å². The van der Waals surface area contributed by atoms with Crippen molar-refractivity contribution >= 4 is 15.9 Å². The summed E-state index contributed by atoms with van der Waals surface area (Å²) in [5, 5.41) is 1.56. The lowest BCUT2D eigenvalue weighted by molar-refractivity contribution is 0.438. The van der Waals surface area contributed by atoms with Gasteiger partial charge in [0.2, 0.25) is 0 Å². The zero-order valence-electron chi connectivity index (χ0n) is 7.51. The average Bonchev–Trinajstić information content (AvgIpc) is 2.53. The van der Waals surface area contributed by atoms with E-state index in [1.165, 1.54) is 45.7 Å². The zero-order chi connectivity index (χ0) is 8.39. The van der Waals surface area contributed by atoms with Crippen molar-refractivity contribution in [2.24, 2.45) is 0 Å². The highest BCUT2D eigenvalue weighted by Crippen LogP contribution is 2.38. The van der Waals surface area contributed by atoms with E-state index in [0.717, 1.165) is 13.9 Å². The predicted molar refractivity (Wildman–Crippen MR) is 56.8 cm³/mol. The molecule has 0 aliphatic heterocycles. The molecule has 0 spiro atoms. The quantitative estimate of drug-likeness (QED) is 0.664. The lowest BCUT2D eigenvalue weighted by atomic mass is 9.87. The molecule has 1 fully saturated rings. The Morgan fingerprint density at radius 2 is 2.08 bits per heavy atom. The van der Waals surface area contributed by atoms with Gasteiger partial charge in [-0.05, 0) is 35.7 Å². The third kappa shape index (κ3) is 1.73. The maximum Gasteiger partial charge on any atom is 0.0554 e. The molecule has 1 heterocycles. The van der Waals surface area contributed by atoms with E-state index in [0.29, 0.717) is 0 Å². The fourth-order valence-corrected chi connectivity index (χ4v) is 4.42. The Labute approximate surface area is 77.1 Å². The van der Waals surface area contributed by atoms with Crippen LogP contribution in [-0.2, 0) is 0 Å². The lowest BCUT2D eigenvalue weighted by Gasteiger charge is -2.20. The van der Waals surface area contributed by atoms with Gasteiger partial charge in [0.05, 0.1) is 5.69 Å². The predicted octanol–water partition coefficient (Wildman–Crippen LogP) is 4.05. The van der Waals surface area contributed by atoms with Crippen LogP contribution < -0.4 is 0 Å². The standard InChI is InChI=1S/C9H15NP2/c1-7-9(10-12-11-7)8-5-3-2-4-6-8/h8,12H,2-6H2,1H3. The fraction of sp³-hybridized carbons (Fsp3) is 0.778. The molecule has 0 aromatic carbocycles. The Kier molecular flexibility index (Phi) is 2.84. The minimum Gasteiger partial charge on any atom is -0.240 e. The molecule has 1 aromatic heterocycles. The van der Waals surface area contributed by atoms with Gasteiger partial charge in [0.15, 0.2) is 0 Å². The van der Waals surface area contributed by atoms with Crippen LogP contribution in [0.3, 0.4) is 0 Å². The molecule has 0 N–H and O–H groups in total. The van der Waals surface area contributed by atoms with Gasteiger partial charge < -0.3 is 0 Å². The molecule has 1 unspecified atom stereocenters. The Balaban J connectivity index is 2.13. The molecule has 0 amide bonds. The maximum atomic E-state index is 4.64. The molecule has 3 heteroatoms. The van der Waals surface area contributed by atoms with Gasteiger partial charge in [-0.3, -0.25) is 0 Å². The number of hydrogen-bond donors (Lipinski definition) is 0. The molecule has 1 atom stereocenters. The van der Waals surface area contributed by atoms with Crippen molar-refractivity contribution < 1.29 is 0 Å². The summed E-state index contributed by atoms with van der Waals surface area (Å²) in [5.74, 6) is 0.834. The van der Waals surface area contributed by atoms with Crippen LogP contribution in [0, 0.1) is 6.92 Å². The molecular formula is C9H15NP2. The Morgan fingerprint density at radius 3 is 2.67 bits per heavy atom. The molecule has 0 saturated heterocycles. The third-order valence-electron chi connectivity index (χ3n) is 2.75. The first-order valence-electron chi connectivity index (χ1n) is 4.75. The van der Waals surface area contributed by atoms with Gasteiger partial charge in [0.1, 0.15) is 0 Å². The highest BCUT2D eigenvalue weighted by molar-refractivity contribution is 7.89. The van der Waals surface area contributed by atoms with Crippen LogP contribution in [-0.4, -0.2) is 4.75 Å². The van der Waals surface area contributed by atoms with Gasteiger partial charge in [-0.15, -0.1) is 0 Å². The average molecular weight is 199 g/mol. The summed E-state index contributed by atoms with van der Waals surface area (Å²) < 4.78 is 4.64. The summed E-state index contributed by atoms with van der Waals surface area (Å²) in [6.07, 6.45) is 7.10. The van der Waals surface area contributed by atoms with Crippen molar-refractivity contribution in [3.63, 3.8) is 0 Å². The van der Waals surface area contributed by atoms with E-state index in [9.17, 15) is 0 Å². The smallest absolute Gasteiger partial charge is 0.0554 e.